The molecule has 3 N–H and O–H groups in total. The molecule has 1 aromatic heterocycles. The molecule has 9 nitrogen and oxygen atoms in total. The zero-order valence-electron chi connectivity index (χ0n) is 24.7. The summed E-state index contributed by atoms with van der Waals surface area (Å²) in [6.07, 6.45) is 9.21. The van der Waals surface area contributed by atoms with Crippen LogP contribution in [0.2, 0.25) is 0 Å². The van der Waals surface area contributed by atoms with Gasteiger partial charge in [0.15, 0.2) is 0 Å². The Morgan fingerprint density at radius 1 is 1.10 bits per heavy atom. The zero-order chi connectivity index (χ0) is 29.2. The molecule has 0 radical (unpaired) electrons. The number of ether oxygens (including phenoxy) is 2. The molecule has 2 aliphatic heterocycles. The van der Waals surface area contributed by atoms with Crippen molar-refractivity contribution in [2.75, 3.05) is 51.3 Å². The Morgan fingerprint density at radius 3 is 2.67 bits per heavy atom. The zero-order valence-corrected chi connectivity index (χ0v) is 24.7. The van der Waals surface area contributed by atoms with E-state index in [0.29, 0.717) is 51.7 Å². The van der Waals surface area contributed by atoms with E-state index in [-0.39, 0.29) is 5.91 Å². The predicted molar refractivity (Wildman–Crippen MR) is 162 cm³/mol. The summed E-state index contributed by atoms with van der Waals surface area (Å²) in [6.45, 7) is 4.77. The lowest BCUT2D eigenvalue weighted by atomic mass is 9.73. The number of fused-ring (bicyclic) bond motifs is 1. The van der Waals surface area contributed by atoms with Crippen molar-refractivity contribution in [2.24, 2.45) is 0 Å². The number of anilines is 1. The average molecular weight is 579 g/mol. The monoisotopic (exact) mass is 578 g/mol. The Labute approximate surface area is 249 Å². The number of amides is 1. The molecule has 2 fully saturated rings. The third kappa shape index (κ3) is 8.30. The number of hydrogen-bond donors (Lipinski definition) is 3. The second-order valence-electron chi connectivity index (χ2n) is 11.9. The van der Waals surface area contributed by atoms with Crippen LogP contribution >= 0.6 is 0 Å². The lowest BCUT2D eigenvalue weighted by Gasteiger charge is -2.37. The first-order valence-electron chi connectivity index (χ1n) is 15.8. The van der Waals surface area contributed by atoms with Gasteiger partial charge in [0.25, 0.3) is 0 Å². The van der Waals surface area contributed by atoms with Crippen LogP contribution in [0.5, 0.6) is 0 Å². The summed E-state index contributed by atoms with van der Waals surface area (Å²) >= 11 is 0. The first-order valence-corrected chi connectivity index (χ1v) is 15.8. The predicted octanol–water partition coefficient (Wildman–Crippen LogP) is 3.95. The van der Waals surface area contributed by atoms with Crippen LogP contribution in [0.3, 0.4) is 0 Å². The smallest absolute Gasteiger partial charge is 0.326 e. The van der Waals surface area contributed by atoms with Gasteiger partial charge < -0.3 is 30.1 Å². The first-order chi connectivity index (χ1) is 20.5. The molecule has 1 saturated heterocycles. The molecule has 3 heterocycles. The van der Waals surface area contributed by atoms with E-state index < -0.39 is 17.4 Å². The van der Waals surface area contributed by atoms with Gasteiger partial charge in [0, 0.05) is 38.5 Å². The molecule has 1 aromatic carbocycles. The van der Waals surface area contributed by atoms with Crippen LogP contribution in [0, 0.1) is 0 Å². The summed E-state index contributed by atoms with van der Waals surface area (Å²) in [7, 11) is 0. The molecule has 228 valence electrons. The molecule has 1 saturated carbocycles. The van der Waals surface area contributed by atoms with E-state index in [0.717, 1.165) is 81.7 Å². The van der Waals surface area contributed by atoms with Crippen LogP contribution in [0.1, 0.15) is 68.2 Å². The van der Waals surface area contributed by atoms with Gasteiger partial charge in [-0.2, -0.15) is 0 Å². The van der Waals surface area contributed by atoms with Crippen molar-refractivity contribution in [3.8, 4) is 0 Å². The lowest BCUT2D eigenvalue weighted by Crippen LogP contribution is -2.53. The third-order valence-corrected chi connectivity index (χ3v) is 8.84. The SMILES string of the molecule is O=C(O)C(CCN(CCCCc1ccc2c(n1)NCCC2)CCOC1CC1)NC(=O)C1(c2ccccc2)CCOCC1. The maximum Gasteiger partial charge on any atom is 0.326 e. The van der Waals surface area contributed by atoms with Crippen molar-refractivity contribution in [2.45, 2.75) is 81.8 Å². The van der Waals surface area contributed by atoms with E-state index in [1.807, 2.05) is 30.3 Å². The lowest BCUT2D eigenvalue weighted by molar-refractivity contribution is -0.144. The van der Waals surface area contributed by atoms with Gasteiger partial charge in [-0.3, -0.25) is 4.79 Å². The van der Waals surface area contributed by atoms with Gasteiger partial charge in [0.1, 0.15) is 11.9 Å². The van der Waals surface area contributed by atoms with Gasteiger partial charge in [-0.05, 0) is 87.9 Å². The highest BCUT2D eigenvalue weighted by Crippen LogP contribution is 2.35. The van der Waals surface area contributed by atoms with Gasteiger partial charge in [-0.15, -0.1) is 0 Å². The van der Waals surface area contributed by atoms with Crippen LogP contribution < -0.4 is 10.6 Å². The van der Waals surface area contributed by atoms with Crippen molar-refractivity contribution in [1.82, 2.24) is 15.2 Å². The van der Waals surface area contributed by atoms with E-state index >= 15 is 0 Å². The molecule has 1 atom stereocenters. The summed E-state index contributed by atoms with van der Waals surface area (Å²) in [6, 6.07) is 13.1. The van der Waals surface area contributed by atoms with Crippen LogP contribution in [0.15, 0.2) is 42.5 Å². The quantitative estimate of drug-likeness (QED) is 0.257. The third-order valence-electron chi connectivity index (χ3n) is 8.84. The van der Waals surface area contributed by atoms with E-state index in [1.54, 1.807) is 0 Å². The Bertz CT molecular complexity index is 1170. The molecule has 3 aliphatic rings. The van der Waals surface area contributed by atoms with E-state index in [2.05, 4.69) is 27.7 Å². The number of aromatic nitrogens is 1. The van der Waals surface area contributed by atoms with Crippen molar-refractivity contribution >= 4 is 17.7 Å². The fraction of sp³-hybridized carbons (Fsp3) is 0.606. The molecule has 42 heavy (non-hydrogen) atoms. The number of aliphatic carboxylic acids is 1. The molecule has 0 spiro atoms. The van der Waals surface area contributed by atoms with Crippen LogP contribution in [-0.4, -0.2) is 85.0 Å². The summed E-state index contributed by atoms with van der Waals surface area (Å²) in [5, 5.41) is 16.4. The number of pyridine rings is 1. The fourth-order valence-corrected chi connectivity index (χ4v) is 6.06. The minimum Gasteiger partial charge on any atom is -0.480 e. The summed E-state index contributed by atoms with van der Waals surface area (Å²) in [4.78, 5) is 33.1. The molecule has 9 heteroatoms. The topological polar surface area (TPSA) is 113 Å². The molecule has 2 aromatic rings. The summed E-state index contributed by atoms with van der Waals surface area (Å²) < 4.78 is 11.5. The minimum atomic E-state index is -1.00. The van der Waals surface area contributed by atoms with Crippen molar-refractivity contribution < 1.29 is 24.2 Å². The Hall–Kier alpha value is -3.01. The highest BCUT2D eigenvalue weighted by atomic mass is 16.5. The Kier molecular flexibility index (Phi) is 10.8. The number of carboxylic acid groups (broad SMARTS) is 1. The molecule has 5 rings (SSSR count). The van der Waals surface area contributed by atoms with Crippen LogP contribution in [0.25, 0.3) is 0 Å². The number of aryl methyl sites for hydroxylation is 2. The molecular formula is C33H46N4O5. The number of benzene rings is 1. The van der Waals surface area contributed by atoms with Gasteiger partial charge in [0.2, 0.25) is 5.91 Å². The second kappa shape index (κ2) is 14.9. The number of nitrogens with one attached hydrogen (secondary N) is 2. The second-order valence-corrected chi connectivity index (χ2v) is 11.9. The maximum atomic E-state index is 13.7. The Balaban J connectivity index is 1.15. The van der Waals surface area contributed by atoms with Crippen molar-refractivity contribution in [1.29, 1.82) is 0 Å². The summed E-state index contributed by atoms with van der Waals surface area (Å²) in [5.74, 6) is -0.186. The normalized spacial score (nSPS) is 18.6. The minimum absolute atomic E-state index is 0.222. The van der Waals surface area contributed by atoms with Gasteiger partial charge in [-0.25, -0.2) is 9.78 Å². The highest BCUT2D eigenvalue weighted by molar-refractivity contribution is 5.91. The number of rotatable bonds is 16. The number of carboxylic acids is 1. The molecular weight excluding hydrogens is 532 g/mol. The number of carbonyl (C=O) groups is 2. The van der Waals surface area contributed by atoms with Crippen LogP contribution in [-0.2, 0) is 37.3 Å². The first kappa shape index (κ1) is 30.4. The number of hydrogen-bond acceptors (Lipinski definition) is 7. The fourth-order valence-electron chi connectivity index (χ4n) is 6.06. The summed E-state index contributed by atoms with van der Waals surface area (Å²) in [5.41, 5.74) is 2.56. The number of unbranched alkanes of at least 4 members (excludes halogenated alkanes) is 1. The van der Waals surface area contributed by atoms with E-state index in [1.165, 1.54) is 5.56 Å². The Morgan fingerprint density at radius 2 is 1.90 bits per heavy atom. The molecule has 1 amide bonds. The van der Waals surface area contributed by atoms with Crippen molar-refractivity contribution in [3.63, 3.8) is 0 Å². The number of nitrogens with zero attached hydrogens (tertiary/aromatic N) is 2. The standard InChI is InChI=1S/C33H46N4O5/c38-31(39)29(36-32(40)33(16-22-41-23-17-33)26-8-2-1-3-9-26)15-20-37(21-24-42-28-13-14-28)19-5-4-10-27-12-11-25-7-6-18-34-30(25)35-27/h1-3,8-9,11-12,28-29H,4-7,10,13-24H2,(H,34,35)(H,36,40)(H,38,39). The molecule has 1 unspecified atom stereocenters. The van der Waals surface area contributed by atoms with Gasteiger partial charge in [0.05, 0.1) is 18.1 Å². The van der Waals surface area contributed by atoms with Crippen molar-refractivity contribution in [3.05, 3.63) is 59.3 Å². The van der Waals surface area contributed by atoms with E-state index in [9.17, 15) is 14.7 Å². The largest absolute Gasteiger partial charge is 0.480 e. The van der Waals surface area contributed by atoms with Crippen LogP contribution in [0.4, 0.5) is 5.82 Å². The van der Waals surface area contributed by atoms with E-state index in [4.69, 9.17) is 14.5 Å². The molecule has 0 bridgehead atoms. The highest BCUT2D eigenvalue weighted by Gasteiger charge is 2.43. The molecule has 1 aliphatic carbocycles. The van der Waals surface area contributed by atoms with Gasteiger partial charge in [-0.1, -0.05) is 36.4 Å². The number of carbonyl (C=O) groups excluding carboxylic acids is 1. The maximum absolute atomic E-state index is 13.7. The average Bonchev–Trinajstić information content (AvgIpc) is 3.86. The van der Waals surface area contributed by atoms with Gasteiger partial charge >= 0.3 is 5.97 Å².